The molecule has 0 saturated carbocycles. The zero-order valence-electron chi connectivity index (χ0n) is 13.8. The first-order valence-corrected chi connectivity index (χ1v) is 8.83. The largest absolute Gasteiger partial charge is 0.452 e. The van der Waals surface area contributed by atoms with Gasteiger partial charge in [0.05, 0.1) is 21.3 Å². The third-order valence-electron chi connectivity index (χ3n) is 3.88. The number of fused-ring (bicyclic) bond motifs is 1. The van der Waals surface area contributed by atoms with Gasteiger partial charge in [-0.3, -0.25) is 4.79 Å². The van der Waals surface area contributed by atoms with Crippen molar-refractivity contribution < 1.29 is 14.3 Å². The summed E-state index contributed by atoms with van der Waals surface area (Å²) in [5.74, 6) is -0.633. The molecule has 1 aromatic heterocycles. The Labute approximate surface area is 149 Å². The van der Waals surface area contributed by atoms with Crippen LogP contribution in [-0.2, 0) is 9.53 Å². The number of nitrogens with zero attached hydrogens (tertiary/aromatic N) is 1. The van der Waals surface area contributed by atoms with Crippen molar-refractivity contribution in [2.45, 2.75) is 12.8 Å². The van der Waals surface area contributed by atoms with Gasteiger partial charge in [-0.1, -0.05) is 37.3 Å². The third kappa shape index (κ3) is 4.42. The van der Waals surface area contributed by atoms with Crippen LogP contribution in [-0.4, -0.2) is 30.0 Å². The van der Waals surface area contributed by atoms with Crippen molar-refractivity contribution in [3.05, 3.63) is 65.2 Å². The third-order valence-corrected chi connectivity index (χ3v) is 4.67. The molecular weight excluding hydrogens is 336 g/mol. The van der Waals surface area contributed by atoms with Crippen LogP contribution in [0, 0.1) is 0 Å². The van der Waals surface area contributed by atoms with E-state index in [-0.39, 0.29) is 18.4 Å². The van der Waals surface area contributed by atoms with Gasteiger partial charge in [-0.25, -0.2) is 9.78 Å². The first-order chi connectivity index (χ1) is 12.1. The smallest absolute Gasteiger partial charge is 0.338 e. The highest BCUT2D eigenvalue weighted by atomic mass is 32.1. The summed E-state index contributed by atoms with van der Waals surface area (Å²) in [7, 11) is 0. The van der Waals surface area contributed by atoms with Crippen molar-refractivity contribution in [2.75, 3.05) is 13.2 Å². The highest BCUT2D eigenvalue weighted by molar-refractivity contribution is 7.16. The molecular formula is C19H18N2O3S. The molecule has 1 N–H and O–H groups in total. The van der Waals surface area contributed by atoms with Gasteiger partial charge < -0.3 is 10.1 Å². The summed E-state index contributed by atoms with van der Waals surface area (Å²) in [6.45, 7) is 2.24. The number of nitrogens with one attached hydrogen (secondary N) is 1. The lowest BCUT2D eigenvalue weighted by Crippen LogP contribution is -2.31. The summed E-state index contributed by atoms with van der Waals surface area (Å²) in [5, 5.41) is 2.79. The Balaban J connectivity index is 1.47. The van der Waals surface area contributed by atoms with Crippen LogP contribution in [0.2, 0.25) is 0 Å². The van der Waals surface area contributed by atoms with Crippen LogP contribution < -0.4 is 5.32 Å². The van der Waals surface area contributed by atoms with Crippen LogP contribution in [0.25, 0.3) is 10.2 Å². The van der Waals surface area contributed by atoms with Crippen LogP contribution in [0.4, 0.5) is 0 Å². The SMILES string of the molecule is C[C@@H](CNC(=O)COC(=O)c1ccc2ncsc2c1)c1ccccc1. The molecule has 0 fully saturated rings. The van der Waals surface area contributed by atoms with Crippen LogP contribution in [0.1, 0.15) is 28.8 Å². The van der Waals surface area contributed by atoms with E-state index in [2.05, 4.69) is 10.3 Å². The van der Waals surface area contributed by atoms with Gasteiger partial charge in [0.2, 0.25) is 0 Å². The van der Waals surface area contributed by atoms with Crippen LogP contribution in [0.15, 0.2) is 54.0 Å². The molecule has 0 spiro atoms. The van der Waals surface area contributed by atoms with Gasteiger partial charge in [-0.2, -0.15) is 0 Å². The van der Waals surface area contributed by atoms with E-state index in [1.165, 1.54) is 11.3 Å². The lowest BCUT2D eigenvalue weighted by molar-refractivity contribution is -0.124. The van der Waals surface area contributed by atoms with Crippen LogP contribution >= 0.6 is 11.3 Å². The van der Waals surface area contributed by atoms with Gasteiger partial charge >= 0.3 is 5.97 Å². The minimum Gasteiger partial charge on any atom is -0.452 e. The molecule has 3 aromatic rings. The Bertz CT molecular complexity index is 877. The molecule has 2 aromatic carbocycles. The average molecular weight is 354 g/mol. The van der Waals surface area contributed by atoms with E-state index in [0.29, 0.717) is 12.1 Å². The molecule has 0 bridgehead atoms. The molecule has 1 heterocycles. The number of hydrogen-bond donors (Lipinski definition) is 1. The fourth-order valence-corrected chi connectivity index (χ4v) is 3.13. The predicted octanol–water partition coefficient (Wildman–Crippen LogP) is 3.37. The second kappa shape index (κ2) is 7.90. The fourth-order valence-electron chi connectivity index (χ4n) is 2.41. The number of carbonyl (C=O) groups excluding carboxylic acids is 2. The second-order valence-electron chi connectivity index (χ2n) is 5.73. The summed E-state index contributed by atoms with van der Waals surface area (Å²) in [6.07, 6.45) is 0. The van der Waals surface area contributed by atoms with Crippen LogP contribution in [0.5, 0.6) is 0 Å². The Kier molecular flexibility index (Phi) is 5.40. The maximum absolute atomic E-state index is 12.1. The highest BCUT2D eigenvalue weighted by Crippen LogP contribution is 2.19. The average Bonchev–Trinajstić information content (AvgIpc) is 3.12. The Morgan fingerprint density at radius 2 is 2.00 bits per heavy atom. The van der Waals surface area contributed by atoms with E-state index in [0.717, 1.165) is 15.8 Å². The summed E-state index contributed by atoms with van der Waals surface area (Å²) in [4.78, 5) is 28.1. The van der Waals surface area contributed by atoms with E-state index in [4.69, 9.17) is 4.74 Å². The van der Waals surface area contributed by atoms with E-state index in [9.17, 15) is 9.59 Å². The number of hydrogen-bond acceptors (Lipinski definition) is 5. The standard InChI is InChI=1S/C19H18N2O3S/c1-13(14-5-3-2-4-6-14)10-20-18(22)11-24-19(23)15-7-8-16-17(9-15)25-12-21-16/h2-9,12-13H,10-11H2,1H3,(H,20,22)/t13-/m0/s1. The molecule has 0 radical (unpaired) electrons. The zero-order valence-corrected chi connectivity index (χ0v) is 14.6. The molecule has 0 aliphatic rings. The Morgan fingerprint density at radius 1 is 1.20 bits per heavy atom. The molecule has 6 heteroatoms. The van der Waals surface area contributed by atoms with Gasteiger partial charge in [-0.15, -0.1) is 11.3 Å². The van der Waals surface area contributed by atoms with Gasteiger partial charge in [0, 0.05) is 6.54 Å². The van der Waals surface area contributed by atoms with Crippen molar-refractivity contribution in [1.29, 1.82) is 0 Å². The fraction of sp³-hybridized carbons (Fsp3) is 0.211. The maximum Gasteiger partial charge on any atom is 0.338 e. The quantitative estimate of drug-likeness (QED) is 0.689. The summed E-state index contributed by atoms with van der Waals surface area (Å²) >= 11 is 1.45. The topological polar surface area (TPSA) is 68.3 Å². The number of carbonyl (C=O) groups is 2. The lowest BCUT2D eigenvalue weighted by Gasteiger charge is -2.13. The second-order valence-corrected chi connectivity index (χ2v) is 6.61. The van der Waals surface area contributed by atoms with Gasteiger partial charge in [0.25, 0.3) is 5.91 Å². The number of rotatable bonds is 6. The molecule has 25 heavy (non-hydrogen) atoms. The van der Waals surface area contributed by atoms with E-state index in [1.54, 1.807) is 23.7 Å². The van der Waals surface area contributed by atoms with Crippen molar-refractivity contribution in [1.82, 2.24) is 10.3 Å². The van der Waals surface area contributed by atoms with Crippen molar-refractivity contribution in [3.8, 4) is 0 Å². The van der Waals surface area contributed by atoms with Crippen molar-refractivity contribution in [2.24, 2.45) is 0 Å². The van der Waals surface area contributed by atoms with Crippen molar-refractivity contribution in [3.63, 3.8) is 0 Å². The molecule has 3 rings (SSSR count). The monoisotopic (exact) mass is 354 g/mol. The molecule has 5 nitrogen and oxygen atoms in total. The maximum atomic E-state index is 12.1. The zero-order chi connectivity index (χ0) is 17.6. The number of aromatic nitrogens is 1. The number of esters is 1. The normalized spacial score (nSPS) is 11.9. The first kappa shape index (κ1) is 17.1. The van der Waals surface area contributed by atoms with Crippen molar-refractivity contribution >= 4 is 33.4 Å². The Morgan fingerprint density at radius 3 is 2.80 bits per heavy atom. The van der Waals surface area contributed by atoms with E-state index < -0.39 is 5.97 Å². The molecule has 0 unspecified atom stereocenters. The minimum atomic E-state index is -0.512. The van der Waals surface area contributed by atoms with E-state index in [1.807, 2.05) is 37.3 Å². The lowest BCUT2D eigenvalue weighted by atomic mass is 10.0. The Hall–Kier alpha value is -2.73. The van der Waals surface area contributed by atoms with Gasteiger partial charge in [0.15, 0.2) is 6.61 Å². The minimum absolute atomic E-state index is 0.189. The molecule has 0 aliphatic carbocycles. The first-order valence-electron chi connectivity index (χ1n) is 7.95. The summed E-state index contributed by atoms with van der Waals surface area (Å²) < 4.78 is 6.00. The van der Waals surface area contributed by atoms with E-state index >= 15 is 0 Å². The predicted molar refractivity (Wildman–Crippen MR) is 97.8 cm³/mol. The number of amides is 1. The number of thiazole rings is 1. The van der Waals surface area contributed by atoms with Gasteiger partial charge in [0.1, 0.15) is 0 Å². The number of benzene rings is 2. The van der Waals surface area contributed by atoms with Crippen LogP contribution in [0.3, 0.4) is 0 Å². The molecule has 0 aliphatic heterocycles. The summed E-state index contributed by atoms with van der Waals surface area (Å²) in [5.41, 5.74) is 4.13. The highest BCUT2D eigenvalue weighted by Gasteiger charge is 2.12. The molecule has 128 valence electrons. The number of ether oxygens (including phenoxy) is 1. The molecule has 1 amide bonds. The molecule has 1 atom stereocenters. The summed E-state index contributed by atoms with van der Waals surface area (Å²) in [6, 6.07) is 15.1. The molecule has 0 saturated heterocycles. The van der Waals surface area contributed by atoms with Gasteiger partial charge in [-0.05, 0) is 29.7 Å².